The molecule has 0 saturated carbocycles. The Labute approximate surface area is 141 Å². The lowest BCUT2D eigenvalue weighted by Crippen LogP contribution is -2.30. The van der Waals surface area contributed by atoms with Crippen LogP contribution in [-0.2, 0) is 16.4 Å². The van der Waals surface area contributed by atoms with Crippen LogP contribution < -0.4 is 10.0 Å². The number of sulfonamides is 1. The molecule has 0 bridgehead atoms. The molecule has 7 nitrogen and oxygen atoms in total. The van der Waals surface area contributed by atoms with Gasteiger partial charge in [-0.05, 0) is 24.9 Å². The van der Waals surface area contributed by atoms with Gasteiger partial charge < -0.3 is 5.32 Å². The average molecular weight is 362 g/mol. The highest BCUT2D eigenvalue weighted by Crippen LogP contribution is 2.23. The topological polar surface area (TPSA) is 101 Å². The zero-order valence-electron chi connectivity index (χ0n) is 12.7. The van der Waals surface area contributed by atoms with Crippen LogP contribution in [0.25, 0.3) is 0 Å². The number of benzene rings is 1. The van der Waals surface area contributed by atoms with Crippen LogP contribution in [0.15, 0.2) is 34.7 Å². The van der Waals surface area contributed by atoms with Crippen molar-refractivity contribution in [2.24, 2.45) is 0 Å². The predicted molar refractivity (Wildman–Crippen MR) is 90.5 cm³/mol. The predicted octanol–water partition coefficient (Wildman–Crippen LogP) is 1.78. The number of hydrogen-bond donors (Lipinski definition) is 2. The summed E-state index contributed by atoms with van der Waals surface area (Å²) in [5, 5.41) is 14.0. The van der Waals surface area contributed by atoms with Gasteiger partial charge in [0.15, 0.2) is 0 Å². The largest absolute Gasteiger partial charge is 0.313 e. The van der Waals surface area contributed by atoms with Gasteiger partial charge in [-0.25, -0.2) is 13.1 Å². The summed E-state index contributed by atoms with van der Waals surface area (Å²) in [5.74, 6) is 0. The summed E-state index contributed by atoms with van der Waals surface area (Å²) in [5.41, 5.74) is 1.36. The van der Waals surface area contributed by atoms with E-state index in [1.807, 2.05) is 13.0 Å². The van der Waals surface area contributed by atoms with Gasteiger partial charge in [0.2, 0.25) is 10.0 Å². The van der Waals surface area contributed by atoms with Crippen LogP contribution in [0.1, 0.15) is 18.9 Å². The van der Waals surface area contributed by atoms with E-state index in [9.17, 15) is 18.5 Å². The van der Waals surface area contributed by atoms with E-state index in [2.05, 4.69) is 10.0 Å². The molecular formula is C14H20ClN3O4S. The summed E-state index contributed by atoms with van der Waals surface area (Å²) in [4.78, 5) is 10.3. The molecule has 23 heavy (non-hydrogen) atoms. The third-order valence-corrected chi connectivity index (χ3v) is 5.06. The number of hydrogen-bond acceptors (Lipinski definition) is 5. The summed E-state index contributed by atoms with van der Waals surface area (Å²) < 4.78 is 27.4. The number of non-ortho nitro benzene ring substituents is 1. The molecule has 0 atom stereocenters. The maximum Gasteiger partial charge on any atom is 0.270 e. The molecule has 0 radical (unpaired) electrons. The molecule has 1 heterocycles. The highest BCUT2D eigenvalue weighted by atomic mass is 35.5. The van der Waals surface area contributed by atoms with Gasteiger partial charge in [-0.2, -0.15) is 0 Å². The number of nitro groups is 1. The zero-order chi connectivity index (χ0) is 16.2. The lowest BCUT2D eigenvalue weighted by Gasteiger charge is -2.15. The van der Waals surface area contributed by atoms with Crippen LogP contribution in [0.5, 0.6) is 0 Å². The second-order valence-electron chi connectivity index (χ2n) is 5.04. The maximum atomic E-state index is 12.5. The molecule has 1 aromatic rings. The minimum Gasteiger partial charge on any atom is -0.313 e. The number of halogens is 1. The maximum absolute atomic E-state index is 12.5. The van der Waals surface area contributed by atoms with Crippen molar-refractivity contribution in [2.75, 3.05) is 19.6 Å². The first-order valence-electron chi connectivity index (χ1n) is 7.09. The molecule has 0 aliphatic carbocycles. The molecule has 0 amide bonds. The van der Waals surface area contributed by atoms with Crippen LogP contribution in [0, 0.1) is 10.1 Å². The Balaban J connectivity index is 0.00000264. The van der Waals surface area contributed by atoms with Crippen molar-refractivity contribution >= 4 is 28.1 Å². The van der Waals surface area contributed by atoms with Gasteiger partial charge >= 0.3 is 0 Å². The Morgan fingerprint density at radius 2 is 2.13 bits per heavy atom. The van der Waals surface area contributed by atoms with E-state index in [1.54, 1.807) is 0 Å². The molecule has 0 aromatic heterocycles. The van der Waals surface area contributed by atoms with E-state index in [4.69, 9.17) is 0 Å². The molecule has 0 fully saturated rings. The minimum absolute atomic E-state index is 0. The number of rotatable bonds is 6. The van der Waals surface area contributed by atoms with Gasteiger partial charge in [0.25, 0.3) is 5.69 Å². The summed E-state index contributed by atoms with van der Waals surface area (Å²) in [6.07, 6.45) is 3.24. The first kappa shape index (κ1) is 19.6. The van der Waals surface area contributed by atoms with Crippen LogP contribution in [0.4, 0.5) is 5.69 Å². The first-order valence-corrected chi connectivity index (χ1v) is 8.58. The summed E-state index contributed by atoms with van der Waals surface area (Å²) >= 11 is 0. The summed E-state index contributed by atoms with van der Waals surface area (Å²) in [6.45, 7) is 3.60. The Kier molecular flexibility index (Phi) is 7.14. The molecule has 1 aliphatic rings. The SMILES string of the molecule is CCc1ccc([N+](=O)[O-])cc1S(=O)(=O)NCC1=CCNCC1.Cl. The van der Waals surface area contributed by atoms with Crippen molar-refractivity contribution in [2.45, 2.75) is 24.7 Å². The third kappa shape index (κ3) is 5.00. The Bertz CT molecular complexity index is 704. The van der Waals surface area contributed by atoms with Gasteiger partial charge in [0, 0.05) is 25.2 Å². The standard InChI is InChI=1S/C14H19N3O4S.ClH/c1-2-12-3-4-13(17(18)19)9-14(12)22(20,21)16-10-11-5-7-15-8-6-11;/h3-5,9,15-16H,2,6-8,10H2,1H3;1H. The lowest BCUT2D eigenvalue weighted by molar-refractivity contribution is -0.385. The van der Waals surface area contributed by atoms with Crippen LogP contribution >= 0.6 is 12.4 Å². The molecule has 0 unspecified atom stereocenters. The Hall–Kier alpha value is -1.48. The number of nitro benzene ring substituents is 1. The second kappa shape index (κ2) is 8.39. The number of nitrogens with zero attached hydrogens (tertiary/aromatic N) is 1. The van der Waals surface area contributed by atoms with E-state index in [0.29, 0.717) is 12.0 Å². The second-order valence-corrected chi connectivity index (χ2v) is 6.78. The van der Waals surface area contributed by atoms with Crippen LogP contribution in [0.3, 0.4) is 0 Å². The van der Waals surface area contributed by atoms with Gasteiger partial charge in [-0.15, -0.1) is 12.4 Å². The van der Waals surface area contributed by atoms with E-state index in [0.717, 1.165) is 31.1 Å². The van der Waals surface area contributed by atoms with E-state index in [-0.39, 0.29) is 29.5 Å². The van der Waals surface area contributed by atoms with Crippen molar-refractivity contribution in [1.82, 2.24) is 10.0 Å². The monoisotopic (exact) mass is 361 g/mol. The molecule has 2 N–H and O–H groups in total. The smallest absolute Gasteiger partial charge is 0.270 e. The van der Waals surface area contributed by atoms with E-state index >= 15 is 0 Å². The van der Waals surface area contributed by atoms with Crippen molar-refractivity contribution in [3.05, 3.63) is 45.5 Å². The Morgan fingerprint density at radius 1 is 1.39 bits per heavy atom. The fourth-order valence-corrected chi connectivity index (χ4v) is 3.66. The highest BCUT2D eigenvalue weighted by Gasteiger charge is 2.21. The highest BCUT2D eigenvalue weighted by molar-refractivity contribution is 7.89. The molecule has 1 aliphatic heterocycles. The fraction of sp³-hybridized carbons (Fsp3) is 0.429. The minimum atomic E-state index is -3.77. The first-order chi connectivity index (χ1) is 10.4. The van der Waals surface area contributed by atoms with E-state index < -0.39 is 14.9 Å². The summed E-state index contributed by atoms with van der Waals surface area (Å²) in [7, 11) is -3.77. The van der Waals surface area contributed by atoms with Crippen molar-refractivity contribution in [1.29, 1.82) is 0 Å². The Morgan fingerprint density at radius 3 is 2.70 bits per heavy atom. The molecule has 128 valence electrons. The zero-order valence-corrected chi connectivity index (χ0v) is 14.4. The molecule has 9 heteroatoms. The molecule has 0 spiro atoms. The van der Waals surface area contributed by atoms with E-state index in [1.165, 1.54) is 12.1 Å². The number of nitrogens with one attached hydrogen (secondary N) is 2. The third-order valence-electron chi connectivity index (χ3n) is 3.58. The van der Waals surface area contributed by atoms with Gasteiger partial charge in [0.1, 0.15) is 0 Å². The van der Waals surface area contributed by atoms with Gasteiger partial charge in [-0.3, -0.25) is 10.1 Å². The van der Waals surface area contributed by atoms with Crippen molar-refractivity contribution in [3.8, 4) is 0 Å². The number of aryl methyl sites for hydroxylation is 1. The molecule has 0 saturated heterocycles. The van der Waals surface area contributed by atoms with Crippen molar-refractivity contribution < 1.29 is 13.3 Å². The average Bonchev–Trinajstić information content (AvgIpc) is 2.53. The molecular weight excluding hydrogens is 342 g/mol. The van der Waals surface area contributed by atoms with Crippen LogP contribution in [-0.4, -0.2) is 33.0 Å². The lowest BCUT2D eigenvalue weighted by atomic mass is 10.1. The molecule has 2 rings (SSSR count). The fourth-order valence-electron chi connectivity index (χ4n) is 2.29. The quantitative estimate of drug-likeness (QED) is 0.457. The van der Waals surface area contributed by atoms with Gasteiger partial charge in [0.05, 0.1) is 9.82 Å². The van der Waals surface area contributed by atoms with Crippen LogP contribution in [0.2, 0.25) is 0 Å². The summed E-state index contributed by atoms with van der Waals surface area (Å²) in [6, 6.07) is 3.95. The van der Waals surface area contributed by atoms with Crippen molar-refractivity contribution in [3.63, 3.8) is 0 Å². The normalized spacial score (nSPS) is 14.7. The molecule has 1 aromatic carbocycles. The van der Waals surface area contributed by atoms with Gasteiger partial charge in [-0.1, -0.05) is 24.6 Å².